The van der Waals surface area contributed by atoms with E-state index in [0.29, 0.717) is 24.4 Å². The number of rotatable bonds is 4. The molecule has 0 saturated carbocycles. The van der Waals surface area contributed by atoms with Crippen LogP contribution in [0, 0.1) is 5.92 Å². The van der Waals surface area contributed by atoms with Gasteiger partial charge in [-0.25, -0.2) is 0 Å². The van der Waals surface area contributed by atoms with Crippen molar-refractivity contribution in [2.24, 2.45) is 11.7 Å². The summed E-state index contributed by atoms with van der Waals surface area (Å²) in [4.78, 5) is 12.0. The van der Waals surface area contributed by atoms with Gasteiger partial charge in [0.15, 0.2) is 17.6 Å². The number of hydrogen-bond donors (Lipinski definition) is 2. The molecule has 1 aliphatic heterocycles. The first-order chi connectivity index (χ1) is 13.5. The first kappa shape index (κ1) is 19.3. The van der Waals surface area contributed by atoms with E-state index in [-0.39, 0.29) is 24.9 Å². The summed E-state index contributed by atoms with van der Waals surface area (Å²) >= 11 is 0. The second kappa shape index (κ2) is 7.76. The van der Waals surface area contributed by atoms with Crippen molar-refractivity contribution in [1.29, 1.82) is 0 Å². The van der Waals surface area contributed by atoms with Crippen LogP contribution in [-0.2, 0) is 22.4 Å². The molecule has 1 aromatic carbocycles. The summed E-state index contributed by atoms with van der Waals surface area (Å²) in [5.41, 5.74) is 6.99. The lowest BCUT2D eigenvalue weighted by Crippen LogP contribution is -2.46. The average molecular weight is 387 g/mol. The molecule has 1 heterocycles. The van der Waals surface area contributed by atoms with Crippen LogP contribution >= 0.6 is 0 Å². The summed E-state index contributed by atoms with van der Waals surface area (Å²) in [6, 6.07) is 4.05. The van der Waals surface area contributed by atoms with Gasteiger partial charge in [-0.15, -0.1) is 0 Å². The van der Waals surface area contributed by atoms with Gasteiger partial charge in [-0.1, -0.05) is 12.5 Å². The fourth-order valence-corrected chi connectivity index (χ4v) is 4.82. The van der Waals surface area contributed by atoms with Gasteiger partial charge in [0.05, 0.1) is 19.1 Å². The number of hydrogen-bond acceptors (Lipinski definition) is 6. The highest BCUT2D eigenvalue weighted by Gasteiger charge is 2.45. The fraction of sp³-hybridized carbons (Fsp3) is 0.591. The van der Waals surface area contributed by atoms with Gasteiger partial charge in [0.25, 0.3) is 0 Å². The predicted octanol–water partition coefficient (Wildman–Crippen LogP) is 2.64. The van der Waals surface area contributed by atoms with Gasteiger partial charge in [-0.2, -0.15) is 0 Å². The third kappa shape index (κ3) is 3.51. The molecule has 152 valence electrons. The Labute approximate surface area is 165 Å². The van der Waals surface area contributed by atoms with Crippen molar-refractivity contribution < 1.29 is 24.1 Å². The Kier molecular flexibility index (Phi) is 5.34. The van der Waals surface area contributed by atoms with Crippen molar-refractivity contribution in [1.82, 2.24) is 0 Å². The predicted molar refractivity (Wildman–Crippen MR) is 104 cm³/mol. The highest BCUT2D eigenvalue weighted by molar-refractivity contribution is 5.71. The van der Waals surface area contributed by atoms with Crippen molar-refractivity contribution in [2.75, 3.05) is 13.7 Å². The molecule has 0 unspecified atom stereocenters. The maximum atomic E-state index is 12.0. The Hall–Kier alpha value is -2.05. The molecule has 0 aromatic heterocycles. The number of carbonyl (C=O) groups is 1. The maximum absolute atomic E-state index is 12.0. The zero-order chi connectivity index (χ0) is 19.7. The van der Waals surface area contributed by atoms with Gasteiger partial charge < -0.3 is 25.1 Å². The van der Waals surface area contributed by atoms with E-state index in [1.54, 1.807) is 7.11 Å². The van der Waals surface area contributed by atoms with Gasteiger partial charge in [0.1, 0.15) is 5.76 Å². The van der Waals surface area contributed by atoms with E-state index in [2.05, 4.69) is 6.07 Å². The highest BCUT2D eigenvalue weighted by atomic mass is 16.6. The summed E-state index contributed by atoms with van der Waals surface area (Å²) in [7, 11) is 1.63. The third-order valence-electron chi connectivity index (χ3n) is 6.35. The van der Waals surface area contributed by atoms with Crippen molar-refractivity contribution in [3.8, 4) is 11.5 Å². The molecule has 6 nitrogen and oxygen atoms in total. The molecule has 0 fully saturated rings. The number of methoxy groups -OCH3 is 1. The molecule has 0 radical (unpaired) electrons. The molecule has 1 aromatic rings. The normalized spacial score (nSPS) is 28.6. The van der Waals surface area contributed by atoms with Crippen LogP contribution in [0.4, 0.5) is 0 Å². The molecule has 0 amide bonds. The number of ether oxygens (including phenoxy) is 3. The number of aliphatic hydroxyl groups is 1. The van der Waals surface area contributed by atoms with Gasteiger partial charge in [0, 0.05) is 18.5 Å². The third-order valence-corrected chi connectivity index (χ3v) is 6.35. The number of fused-ring (bicyclic) bond motifs is 4. The lowest BCUT2D eigenvalue weighted by molar-refractivity contribution is -0.142. The first-order valence-electron chi connectivity index (χ1n) is 10.2. The topological polar surface area (TPSA) is 91.0 Å². The van der Waals surface area contributed by atoms with Crippen LogP contribution in [-0.4, -0.2) is 36.4 Å². The molecule has 2 aliphatic carbocycles. The van der Waals surface area contributed by atoms with E-state index in [4.69, 9.17) is 19.9 Å². The number of nitrogens with two attached hydrogens (primary N) is 1. The van der Waals surface area contributed by atoms with Crippen LogP contribution in [0.25, 0.3) is 0 Å². The molecule has 6 heteroatoms. The standard InChI is InChI=1S/C22H29NO5/c1-26-18-7-6-14-12-15-4-2-3-5-16(14)21(18)28-19-13-22(15,25)10-8-17(19)27-20(24)9-11-23/h6-8,15,19,25H,2-5,9-13,23H2,1H3/t15-,19-,22+/m1/s1. The number of esters is 1. The van der Waals surface area contributed by atoms with E-state index in [1.807, 2.05) is 12.1 Å². The smallest absolute Gasteiger partial charge is 0.312 e. The lowest BCUT2D eigenvalue weighted by atomic mass is 9.71. The van der Waals surface area contributed by atoms with Crippen molar-refractivity contribution >= 4 is 5.97 Å². The van der Waals surface area contributed by atoms with Gasteiger partial charge >= 0.3 is 5.97 Å². The van der Waals surface area contributed by atoms with E-state index in [9.17, 15) is 9.90 Å². The molecule has 3 aliphatic rings. The summed E-state index contributed by atoms with van der Waals surface area (Å²) in [6.45, 7) is 0.240. The van der Waals surface area contributed by atoms with E-state index < -0.39 is 11.7 Å². The summed E-state index contributed by atoms with van der Waals surface area (Å²) in [5, 5.41) is 11.6. The van der Waals surface area contributed by atoms with E-state index >= 15 is 0 Å². The Morgan fingerprint density at radius 1 is 1.39 bits per heavy atom. The van der Waals surface area contributed by atoms with E-state index in [0.717, 1.165) is 43.4 Å². The number of carbonyl (C=O) groups excluding carboxylic acids is 1. The maximum Gasteiger partial charge on any atom is 0.312 e. The van der Waals surface area contributed by atoms with Crippen molar-refractivity contribution in [3.05, 3.63) is 35.1 Å². The quantitative estimate of drug-likeness (QED) is 0.772. The zero-order valence-corrected chi connectivity index (χ0v) is 16.4. The Bertz CT molecular complexity index is 789. The molecule has 0 saturated heterocycles. The van der Waals surface area contributed by atoms with Crippen LogP contribution in [0.1, 0.15) is 49.7 Å². The SMILES string of the molecule is COc1ccc2c3c1O[C@@H]1C[C@@](O)(CC=C1OC(=O)CCN)[C@H](CCCC3)C2. The Balaban J connectivity index is 1.78. The Morgan fingerprint density at radius 3 is 3.04 bits per heavy atom. The first-order valence-corrected chi connectivity index (χ1v) is 10.2. The summed E-state index contributed by atoms with van der Waals surface area (Å²) < 4.78 is 17.6. The highest BCUT2D eigenvalue weighted by Crippen LogP contribution is 2.47. The molecule has 3 N–H and O–H groups in total. The number of benzene rings is 1. The molecule has 6 bridgehead atoms. The molecule has 3 atom stereocenters. The fourth-order valence-electron chi connectivity index (χ4n) is 4.82. The molecule has 28 heavy (non-hydrogen) atoms. The molecular formula is C22H29NO5. The monoisotopic (exact) mass is 387 g/mol. The van der Waals surface area contributed by atoms with Gasteiger partial charge in [-0.05, 0) is 55.7 Å². The van der Waals surface area contributed by atoms with Gasteiger partial charge in [0.2, 0.25) is 0 Å². The van der Waals surface area contributed by atoms with Gasteiger partial charge in [-0.3, -0.25) is 4.79 Å². The lowest BCUT2D eigenvalue weighted by Gasteiger charge is -2.41. The zero-order valence-electron chi connectivity index (χ0n) is 16.4. The second-order valence-corrected chi connectivity index (χ2v) is 8.12. The van der Waals surface area contributed by atoms with Crippen molar-refractivity contribution in [3.63, 3.8) is 0 Å². The summed E-state index contributed by atoms with van der Waals surface area (Å²) in [6.07, 6.45) is 7.19. The van der Waals surface area contributed by atoms with Crippen LogP contribution in [0.2, 0.25) is 0 Å². The minimum absolute atomic E-state index is 0.148. The van der Waals surface area contributed by atoms with Crippen LogP contribution in [0.3, 0.4) is 0 Å². The van der Waals surface area contributed by atoms with Crippen molar-refractivity contribution in [2.45, 2.75) is 63.1 Å². The average Bonchev–Trinajstić information content (AvgIpc) is 2.66. The largest absolute Gasteiger partial charge is 0.493 e. The minimum atomic E-state index is -0.872. The second-order valence-electron chi connectivity index (χ2n) is 8.12. The molecular weight excluding hydrogens is 358 g/mol. The van der Waals surface area contributed by atoms with E-state index in [1.165, 1.54) is 5.56 Å². The minimum Gasteiger partial charge on any atom is -0.493 e. The van der Waals surface area contributed by atoms with Crippen LogP contribution < -0.4 is 15.2 Å². The Morgan fingerprint density at radius 2 is 2.25 bits per heavy atom. The van der Waals surface area contributed by atoms with Crippen LogP contribution in [0.5, 0.6) is 11.5 Å². The van der Waals surface area contributed by atoms with Crippen LogP contribution in [0.15, 0.2) is 24.0 Å². The summed E-state index contributed by atoms with van der Waals surface area (Å²) in [5.74, 6) is 1.65. The molecule has 4 rings (SSSR count). The molecule has 0 spiro atoms.